The molecule has 2 atom stereocenters. The van der Waals surface area contributed by atoms with Crippen LogP contribution in [0.25, 0.3) is 0 Å². The molecule has 0 aliphatic heterocycles. The van der Waals surface area contributed by atoms with Crippen LogP contribution >= 0.6 is 0 Å². The van der Waals surface area contributed by atoms with E-state index in [1.807, 2.05) is 0 Å². The number of rotatable bonds is 60. The Hall–Kier alpha value is -1.40. The van der Waals surface area contributed by atoms with E-state index in [4.69, 9.17) is 4.74 Å². The Morgan fingerprint density at radius 3 is 1.01 bits per heavy atom. The number of carbonyl (C=O) groups excluding carboxylic acids is 2. The molecule has 0 aromatic heterocycles. The van der Waals surface area contributed by atoms with E-state index >= 15 is 0 Å². The third kappa shape index (κ3) is 55.9. The van der Waals surface area contributed by atoms with Crippen LogP contribution in [-0.4, -0.2) is 47.4 Å². The maximum atomic E-state index is 12.4. The number of esters is 1. The molecule has 1 amide bonds. The van der Waals surface area contributed by atoms with Crippen LogP contribution in [0.3, 0.4) is 0 Å². The lowest BCUT2D eigenvalue weighted by Gasteiger charge is -2.22. The summed E-state index contributed by atoms with van der Waals surface area (Å²) in [6.45, 7) is 4.94. The van der Waals surface area contributed by atoms with Crippen molar-refractivity contribution in [3.63, 3.8) is 0 Å². The smallest absolute Gasteiger partial charge is 0.305 e. The fraction of sp³-hybridized carbons (Fsp3) is 0.938. The average Bonchev–Trinajstić information content (AvgIpc) is 3.36. The molecule has 0 rings (SSSR count). The molecule has 0 heterocycles. The molecule has 6 nitrogen and oxygen atoms in total. The van der Waals surface area contributed by atoms with Crippen LogP contribution in [0.4, 0.5) is 0 Å². The molecule has 0 bridgehead atoms. The molecule has 0 radical (unpaired) electrons. The van der Waals surface area contributed by atoms with Crippen molar-refractivity contribution in [3.05, 3.63) is 12.2 Å². The lowest BCUT2D eigenvalue weighted by atomic mass is 10.0. The molecular formula is C64H125NO5. The van der Waals surface area contributed by atoms with Gasteiger partial charge in [0.05, 0.1) is 25.4 Å². The molecule has 0 aromatic rings. The Kier molecular flexibility index (Phi) is 59.0. The summed E-state index contributed by atoms with van der Waals surface area (Å²) in [6, 6.07) is -0.535. The van der Waals surface area contributed by atoms with Crippen molar-refractivity contribution >= 4 is 11.9 Å². The number of aliphatic hydroxyl groups is 2. The first-order chi connectivity index (χ1) is 34.5. The second-order valence-electron chi connectivity index (χ2n) is 22.1. The van der Waals surface area contributed by atoms with Gasteiger partial charge in [0.25, 0.3) is 0 Å². The Morgan fingerprint density at radius 2 is 0.671 bits per heavy atom. The van der Waals surface area contributed by atoms with E-state index in [0.29, 0.717) is 25.9 Å². The van der Waals surface area contributed by atoms with Gasteiger partial charge in [0.2, 0.25) is 5.91 Å². The summed E-state index contributed by atoms with van der Waals surface area (Å²) in [4.78, 5) is 24.5. The zero-order valence-electron chi connectivity index (χ0n) is 47.5. The van der Waals surface area contributed by atoms with E-state index in [9.17, 15) is 19.8 Å². The van der Waals surface area contributed by atoms with E-state index in [1.165, 1.54) is 283 Å². The number of nitrogens with one attached hydrogen (secondary N) is 1. The number of amides is 1. The van der Waals surface area contributed by atoms with Gasteiger partial charge in [-0.15, -0.1) is 0 Å². The van der Waals surface area contributed by atoms with Crippen LogP contribution in [0.5, 0.6) is 0 Å². The van der Waals surface area contributed by atoms with Gasteiger partial charge in [-0.3, -0.25) is 9.59 Å². The molecule has 0 fully saturated rings. The first-order valence-corrected chi connectivity index (χ1v) is 31.9. The van der Waals surface area contributed by atoms with Gasteiger partial charge in [-0.05, 0) is 51.4 Å². The molecule has 0 aliphatic rings. The number of unbranched alkanes of at least 4 members (excludes halogenated alkanes) is 47. The Morgan fingerprint density at radius 1 is 0.386 bits per heavy atom. The Bertz CT molecular complexity index is 1050. The molecule has 0 saturated heterocycles. The van der Waals surface area contributed by atoms with Gasteiger partial charge in [0.15, 0.2) is 0 Å². The van der Waals surface area contributed by atoms with Crippen LogP contribution in [0.15, 0.2) is 12.2 Å². The normalized spacial score (nSPS) is 12.6. The molecule has 0 saturated carbocycles. The summed E-state index contributed by atoms with van der Waals surface area (Å²) in [5.74, 6) is -0.0200. The van der Waals surface area contributed by atoms with Gasteiger partial charge in [-0.1, -0.05) is 309 Å². The summed E-state index contributed by atoms with van der Waals surface area (Å²) in [5.41, 5.74) is 0. The van der Waals surface area contributed by atoms with Crippen LogP contribution in [-0.2, 0) is 14.3 Å². The third-order valence-electron chi connectivity index (χ3n) is 15.1. The van der Waals surface area contributed by atoms with Crippen molar-refractivity contribution in [2.75, 3.05) is 13.2 Å². The Labute approximate surface area is 438 Å². The third-order valence-corrected chi connectivity index (χ3v) is 15.1. The number of carbonyl (C=O) groups is 2. The number of aliphatic hydroxyl groups excluding tert-OH is 2. The monoisotopic (exact) mass is 988 g/mol. The van der Waals surface area contributed by atoms with Crippen molar-refractivity contribution in [1.82, 2.24) is 5.32 Å². The van der Waals surface area contributed by atoms with Gasteiger partial charge >= 0.3 is 5.97 Å². The maximum absolute atomic E-state index is 12.4. The number of hydrogen-bond donors (Lipinski definition) is 3. The van der Waals surface area contributed by atoms with Gasteiger partial charge in [0.1, 0.15) is 0 Å². The zero-order valence-corrected chi connectivity index (χ0v) is 47.5. The van der Waals surface area contributed by atoms with Crippen LogP contribution in [0.2, 0.25) is 0 Å². The van der Waals surface area contributed by atoms with E-state index in [-0.39, 0.29) is 18.5 Å². The number of allylic oxidation sites excluding steroid dienone is 2. The largest absolute Gasteiger partial charge is 0.466 e. The molecule has 70 heavy (non-hydrogen) atoms. The predicted molar refractivity (Wildman–Crippen MR) is 306 cm³/mol. The first kappa shape index (κ1) is 68.6. The summed E-state index contributed by atoms with van der Waals surface area (Å²) >= 11 is 0. The standard InChI is InChI=1S/C64H125NO5/c1-3-5-7-9-11-13-14-15-35-38-42-46-50-54-58-64(69)70-59-55-51-47-43-39-36-33-31-29-27-25-23-21-19-17-16-18-20-22-24-26-28-30-32-34-37-41-45-49-53-57-63(68)65-61(60-66)62(67)56-52-48-44-40-12-10-8-6-4-2/h14-15,61-62,66-67H,3-13,16-60H2,1-2H3,(H,65,68)/b15-14-. The van der Waals surface area contributed by atoms with Crippen molar-refractivity contribution < 1.29 is 24.5 Å². The Balaban J connectivity index is 3.29. The first-order valence-electron chi connectivity index (χ1n) is 31.9. The molecule has 0 aromatic carbocycles. The van der Waals surface area contributed by atoms with Gasteiger partial charge < -0.3 is 20.3 Å². The molecule has 6 heteroatoms. The van der Waals surface area contributed by atoms with Crippen LogP contribution < -0.4 is 5.32 Å². The molecule has 0 aliphatic carbocycles. The van der Waals surface area contributed by atoms with Crippen molar-refractivity contribution in [2.24, 2.45) is 0 Å². The highest BCUT2D eigenvalue weighted by Gasteiger charge is 2.20. The molecule has 416 valence electrons. The van der Waals surface area contributed by atoms with E-state index in [1.54, 1.807) is 0 Å². The lowest BCUT2D eigenvalue weighted by Crippen LogP contribution is -2.45. The predicted octanol–water partition coefficient (Wildman–Crippen LogP) is 20.0. The van der Waals surface area contributed by atoms with Gasteiger partial charge in [0, 0.05) is 12.8 Å². The molecule has 3 N–H and O–H groups in total. The number of ether oxygens (including phenoxy) is 1. The second-order valence-corrected chi connectivity index (χ2v) is 22.1. The molecule has 2 unspecified atom stereocenters. The summed E-state index contributed by atoms with van der Waals surface area (Å²) in [5, 5.41) is 23.1. The molecule has 0 spiro atoms. The summed E-state index contributed by atoms with van der Waals surface area (Å²) in [7, 11) is 0. The topological polar surface area (TPSA) is 95.9 Å². The van der Waals surface area contributed by atoms with Crippen LogP contribution in [0.1, 0.15) is 361 Å². The summed E-state index contributed by atoms with van der Waals surface area (Å²) < 4.78 is 5.48. The second kappa shape index (κ2) is 60.2. The highest BCUT2D eigenvalue weighted by atomic mass is 16.5. The fourth-order valence-electron chi connectivity index (χ4n) is 10.2. The minimum absolute atomic E-state index is 0.0119. The SMILES string of the molecule is CCCCCCC/C=C\CCCCCCCC(=O)OCCCCCCCCCCCCCCCCCCCCCCCCCCCCCCCCC(=O)NC(CO)C(O)CCCCCCCCCCC. The van der Waals surface area contributed by atoms with E-state index in [2.05, 4.69) is 31.3 Å². The minimum Gasteiger partial charge on any atom is -0.466 e. The van der Waals surface area contributed by atoms with Crippen molar-refractivity contribution in [1.29, 1.82) is 0 Å². The fourth-order valence-corrected chi connectivity index (χ4v) is 10.2. The highest BCUT2D eigenvalue weighted by molar-refractivity contribution is 5.76. The molecular weight excluding hydrogens is 863 g/mol. The number of hydrogen-bond acceptors (Lipinski definition) is 5. The minimum atomic E-state index is -0.658. The van der Waals surface area contributed by atoms with Crippen LogP contribution in [0, 0.1) is 0 Å². The summed E-state index contributed by atoms with van der Waals surface area (Å²) in [6.07, 6.45) is 72.5. The quantitative estimate of drug-likeness (QED) is 0.0321. The maximum Gasteiger partial charge on any atom is 0.305 e. The average molecular weight is 989 g/mol. The van der Waals surface area contributed by atoms with E-state index < -0.39 is 12.1 Å². The van der Waals surface area contributed by atoms with Crippen molar-refractivity contribution in [3.8, 4) is 0 Å². The lowest BCUT2D eigenvalue weighted by molar-refractivity contribution is -0.143. The van der Waals surface area contributed by atoms with Gasteiger partial charge in [-0.2, -0.15) is 0 Å². The highest BCUT2D eigenvalue weighted by Crippen LogP contribution is 2.18. The van der Waals surface area contributed by atoms with Crippen molar-refractivity contribution in [2.45, 2.75) is 373 Å². The zero-order chi connectivity index (χ0) is 50.7. The van der Waals surface area contributed by atoms with E-state index in [0.717, 1.165) is 44.9 Å². The van der Waals surface area contributed by atoms with Gasteiger partial charge in [-0.25, -0.2) is 0 Å².